The summed E-state index contributed by atoms with van der Waals surface area (Å²) in [5.41, 5.74) is 0.601. The number of hydrogen-bond acceptors (Lipinski definition) is 3. The van der Waals surface area contributed by atoms with Gasteiger partial charge in [-0.25, -0.2) is 8.42 Å². The summed E-state index contributed by atoms with van der Waals surface area (Å²) < 4.78 is 27.0. The maximum absolute atomic E-state index is 12.9. The Morgan fingerprint density at radius 2 is 2.00 bits per heavy atom. The lowest BCUT2D eigenvalue weighted by Crippen LogP contribution is -2.49. The summed E-state index contributed by atoms with van der Waals surface area (Å²) in [6.45, 7) is 3.55. The van der Waals surface area contributed by atoms with E-state index < -0.39 is 28.0 Å². The zero-order chi connectivity index (χ0) is 16.7. The number of hydrogen-bond donors (Lipinski definition) is 1. The molecule has 1 aliphatic rings. The van der Waals surface area contributed by atoms with Gasteiger partial charge < -0.3 is 5.11 Å². The number of rotatable bonds is 3. The first kappa shape index (κ1) is 17.5. The monoisotopic (exact) mass is 365 g/mol. The van der Waals surface area contributed by atoms with Crippen LogP contribution in [0.4, 0.5) is 0 Å². The van der Waals surface area contributed by atoms with E-state index >= 15 is 0 Å². The predicted octanol–water partition coefficient (Wildman–Crippen LogP) is 3.18. The van der Waals surface area contributed by atoms with Crippen molar-refractivity contribution in [2.24, 2.45) is 5.92 Å². The minimum absolute atomic E-state index is 0.0419. The zero-order valence-corrected chi connectivity index (χ0v) is 14.5. The summed E-state index contributed by atoms with van der Waals surface area (Å²) in [6, 6.07) is 2.48. The standard InChI is InChI=1S/C14H17Cl2NO4S/c1-8-5-6-11(15)13(12(8)16)22(20,21)17-7-3-4-10(9(17)2)14(18)19/h5-6,9-10H,3-4,7H2,1-2H3,(H,18,19)/t9-,10-/m1/s1. The van der Waals surface area contributed by atoms with Crippen LogP contribution in [0.3, 0.4) is 0 Å². The number of piperidine rings is 1. The lowest BCUT2D eigenvalue weighted by molar-refractivity contribution is -0.144. The number of sulfonamides is 1. The molecular weight excluding hydrogens is 349 g/mol. The molecule has 1 aromatic carbocycles. The average Bonchev–Trinajstić information content (AvgIpc) is 2.42. The SMILES string of the molecule is Cc1ccc(Cl)c(S(=O)(=O)N2CCC[C@@H](C(=O)O)[C@H]2C)c1Cl. The van der Waals surface area contributed by atoms with Crippen LogP contribution in [0.25, 0.3) is 0 Å². The maximum Gasteiger partial charge on any atom is 0.308 e. The Morgan fingerprint density at radius 1 is 1.36 bits per heavy atom. The molecule has 1 fully saturated rings. The van der Waals surface area contributed by atoms with E-state index in [1.54, 1.807) is 19.9 Å². The van der Waals surface area contributed by atoms with E-state index in [-0.39, 0.29) is 21.5 Å². The second-order valence-electron chi connectivity index (χ2n) is 5.45. The number of benzene rings is 1. The number of carbonyl (C=O) groups is 1. The molecule has 1 N–H and O–H groups in total. The molecular formula is C14H17Cl2NO4S. The van der Waals surface area contributed by atoms with Crippen LogP contribution in [0.5, 0.6) is 0 Å². The van der Waals surface area contributed by atoms with Gasteiger partial charge in [0.05, 0.1) is 16.0 Å². The van der Waals surface area contributed by atoms with E-state index in [0.29, 0.717) is 18.4 Å². The number of aryl methyl sites for hydroxylation is 1. The van der Waals surface area contributed by atoms with Gasteiger partial charge in [-0.1, -0.05) is 29.3 Å². The number of aliphatic carboxylic acids is 1. The molecule has 8 heteroatoms. The first-order valence-corrected chi connectivity index (χ1v) is 9.06. The molecule has 1 saturated heterocycles. The van der Waals surface area contributed by atoms with Gasteiger partial charge in [-0.2, -0.15) is 4.31 Å². The molecule has 1 aliphatic heterocycles. The van der Waals surface area contributed by atoms with Gasteiger partial charge in [-0.15, -0.1) is 0 Å². The summed E-state index contributed by atoms with van der Waals surface area (Å²) >= 11 is 12.2. The van der Waals surface area contributed by atoms with E-state index in [1.165, 1.54) is 10.4 Å². The number of halogens is 2. The van der Waals surface area contributed by atoms with Gasteiger partial charge in [-0.3, -0.25) is 4.79 Å². The Bertz CT molecular complexity index is 705. The second kappa shape index (κ2) is 6.35. The Kier molecular flexibility index (Phi) is 5.06. The van der Waals surface area contributed by atoms with Gasteiger partial charge in [0, 0.05) is 12.6 Å². The van der Waals surface area contributed by atoms with E-state index in [0.717, 1.165) is 0 Å². The molecule has 0 aromatic heterocycles. The fourth-order valence-corrected chi connectivity index (χ4v) is 5.61. The third kappa shape index (κ3) is 2.97. The molecule has 2 atom stereocenters. The van der Waals surface area contributed by atoms with Gasteiger partial charge >= 0.3 is 5.97 Å². The van der Waals surface area contributed by atoms with Crippen molar-refractivity contribution in [1.82, 2.24) is 4.31 Å². The summed E-state index contributed by atoms with van der Waals surface area (Å²) in [5.74, 6) is -1.72. The van der Waals surface area contributed by atoms with E-state index in [4.69, 9.17) is 23.2 Å². The van der Waals surface area contributed by atoms with Crippen molar-refractivity contribution < 1.29 is 18.3 Å². The molecule has 0 aliphatic carbocycles. The van der Waals surface area contributed by atoms with Crippen LogP contribution < -0.4 is 0 Å². The average molecular weight is 366 g/mol. The highest BCUT2D eigenvalue weighted by Crippen LogP contribution is 2.37. The lowest BCUT2D eigenvalue weighted by Gasteiger charge is -2.36. The molecule has 0 amide bonds. The highest BCUT2D eigenvalue weighted by molar-refractivity contribution is 7.89. The predicted molar refractivity (Wildman–Crippen MR) is 84.9 cm³/mol. The largest absolute Gasteiger partial charge is 0.481 e. The molecule has 2 rings (SSSR count). The third-order valence-corrected chi connectivity index (χ3v) is 7.15. The van der Waals surface area contributed by atoms with Crippen LogP contribution in [0, 0.1) is 12.8 Å². The van der Waals surface area contributed by atoms with Crippen molar-refractivity contribution in [1.29, 1.82) is 0 Å². The molecule has 22 heavy (non-hydrogen) atoms. The molecule has 5 nitrogen and oxygen atoms in total. The minimum atomic E-state index is -3.96. The molecule has 1 aromatic rings. The van der Waals surface area contributed by atoms with Gasteiger partial charge in [-0.05, 0) is 38.3 Å². The van der Waals surface area contributed by atoms with Crippen molar-refractivity contribution in [3.8, 4) is 0 Å². The van der Waals surface area contributed by atoms with Crippen LogP contribution in [0.1, 0.15) is 25.3 Å². The molecule has 0 saturated carbocycles. The van der Waals surface area contributed by atoms with E-state index in [9.17, 15) is 18.3 Å². The molecule has 0 unspecified atom stereocenters. The molecule has 0 bridgehead atoms. The van der Waals surface area contributed by atoms with Crippen molar-refractivity contribution in [3.63, 3.8) is 0 Å². The van der Waals surface area contributed by atoms with Crippen molar-refractivity contribution in [2.75, 3.05) is 6.54 Å². The number of carboxylic acids is 1. The molecule has 122 valence electrons. The normalized spacial score (nSPS) is 23.5. The second-order valence-corrected chi connectivity index (χ2v) is 8.06. The highest BCUT2D eigenvalue weighted by Gasteiger charge is 2.41. The summed E-state index contributed by atoms with van der Waals surface area (Å²) in [6.07, 6.45) is 0.944. The lowest BCUT2D eigenvalue weighted by atomic mass is 9.92. The van der Waals surface area contributed by atoms with Crippen LogP contribution in [-0.2, 0) is 14.8 Å². The van der Waals surface area contributed by atoms with Crippen LogP contribution >= 0.6 is 23.2 Å². The van der Waals surface area contributed by atoms with Crippen molar-refractivity contribution >= 4 is 39.2 Å². The first-order chi connectivity index (χ1) is 10.2. The Labute approximate surface area is 139 Å². The summed E-state index contributed by atoms with van der Waals surface area (Å²) in [7, 11) is -3.96. The Hall–Kier alpha value is -0.820. The van der Waals surface area contributed by atoms with Crippen molar-refractivity contribution in [3.05, 3.63) is 27.7 Å². The molecule has 0 radical (unpaired) electrons. The van der Waals surface area contributed by atoms with E-state index in [1.807, 2.05) is 0 Å². The summed E-state index contributed by atoms with van der Waals surface area (Å²) in [5, 5.41) is 9.37. The fourth-order valence-electron chi connectivity index (χ4n) is 2.77. The quantitative estimate of drug-likeness (QED) is 0.892. The van der Waals surface area contributed by atoms with Crippen LogP contribution in [0.15, 0.2) is 17.0 Å². The molecule has 1 heterocycles. The highest BCUT2D eigenvalue weighted by atomic mass is 35.5. The fraction of sp³-hybridized carbons (Fsp3) is 0.500. The summed E-state index contributed by atoms with van der Waals surface area (Å²) in [4.78, 5) is 11.1. The Balaban J connectivity index is 2.51. The van der Waals surface area contributed by atoms with Gasteiger partial charge in [0.25, 0.3) is 0 Å². The molecule has 0 spiro atoms. The topological polar surface area (TPSA) is 74.7 Å². The van der Waals surface area contributed by atoms with Gasteiger partial charge in [0.15, 0.2) is 0 Å². The smallest absolute Gasteiger partial charge is 0.308 e. The first-order valence-electron chi connectivity index (χ1n) is 6.87. The van der Waals surface area contributed by atoms with Crippen LogP contribution in [-0.4, -0.2) is 36.4 Å². The van der Waals surface area contributed by atoms with Gasteiger partial charge in [0.2, 0.25) is 10.0 Å². The zero-order valence-electron chi connectivity index (χ0n) is 12.2. The maximum atomic E-state index is 12.9. The minimum Gasteiger partial charge on any atom is -0.481 e. The third-order valence-electron chi connectivity index (χ3n) is 4.06. The van der Waals surface area contributed by atoms with E-state index in [2.05, 4.69) is 0 Å². The van der Waals surface area contributed by atoms with Gasteiger partial charge in [0.1, 0.15) is 4.90 Å². The number of nitrogens with zero attached hydrogens (tertiary/aromatic N) is 1. The Morgan fingerprint density at radius 3 is 2.59 bits per heavy atom. The van der Waals surface area contributed by atoms with Crippen LogP contribution in [0.2, 0.25) is 10.0 Å². The number of carboxylic acid groups (broad SMARTS) is 1. The van der Waals surface area contributed by atoms with Crippen molar-refractivity contribution in [2.45, 2.75) is 37.6 Å².